The van der Waals surface area contributed by atoms with E-state index in [0.29, 0.717) is 0 Å². The monoisotopic (exact) mass is 158 g/mol. The molecular formula is C8H14O3. The Bertz CT molecular complexity index is 138. The van der Waals surface area contributed by atoms with Gasteiger partial charge in [-0.25, -0.2) is 0 Å². The van der Waals surface area contributed by atoms with Crippen molar-refractivity contribution in [2.75, 3.05) is 6.61 Å². The van der Waals surface area contributed by atoms with E-state index < -0.39 is 0 Å². The van der Waals surface area contributed by atoms with Crippen molar-refractivity contribution in [3.8, 4) is 0 Å². The van der Waals surface area contributed by atoms with Gasteiger partial charge in [-0.3, -0.25) is 4.79 Å². The lowest BCUT2D eigenvalue weighted by Crippen LogP contribution is -2.26. The molecule has 64 valence electrons. The van der Waals surface area contributed by atoms with Gasteiger partial charge in [0, 0.05) is 13.5 Å². The summed E-state index contributed by atoms with van der Waals surface area (Å²) in [5.41, 5.74) is 0. The van der Waals surface area contributed by atoms with Crippen LogP contribution in [0.2, 0.25) is 0 Å². The highest BCUT2D eigenvalue weighted by molar-refractivity contribution is 5.66. The fourth-order valence-electron chi connectivity index (χ4n) is 1.31. The Hall–Kier alpha value is -0.570. The zero-order valence-corrected chi connectivity index (χ0v) is 7.00. The van der Waals surface area contributed by atoms with Gasteiger partial charge < -0.3 is 9.47 Å². The summed E-state index contributed by atoms with van der Waals surface area (Å²) in [6, 6.07) is 0. The molecule has 3 nitrogen and oxygen atoms in total. The lowest BCUT2D eigenvalue weighted by atomic mass is 10.1. The summed E-state index contributed by atoms with van der Waals surface area (Å²) in [6.07, 6.45) is 2.12. The van der Waals surface area contributed by atoms with Crippen LogP contribution in [0.25, 0.3) is 0 Å². The van der Waals surface area contributed by atoms with Crippen LogP contribution < -0.4 is 0 Å². The molecule has 0 spiro atoms. The van der Waals surface area contributed by atoms with Crippen LogP contribution in [0.4, 0.5) is 0 Å². The van der Waals surface area contributed by atoms with E-state index in [1.54, 1.807) is 0 Å². The molecule has 1 aliphatic heterocycles. The fourth-order valence-corrected chi connectivity index (χ4v) is 1.31. The Balaban J connectivity index is 2.28. The van der Waals surface area contributed by atoms with Crippen LogP contribution in [0.15, 0.2) is 0 Å². The van der Waals surface area contributed by atoms with E-state index in [4.69, 9.17) is 9.47 Å². The van der Waals surface area contributed by atoms with E-state index >= 15 is 0 Å². The lowest BCUT2D eigenvalue weighted by Gasteiger charge is -2.17. The predicted octanol–water partition coefficient (Wildman–Crippen LogP) is 1.12. The maximum absolute atomic E-state index is 10.5. The van der Waals surface area contributed by atoms with Gasteiger partial charge >= 0.3 is 5.97 Å². The second-order valence-corrected chi connectivity index (χ2v) is 2.87. The van der Waals surface area contributed by atoms with Crippen LogP contribution in [0.5, 0.6) is 0 Å². The Morgan fingerprint density at radius 3 is 2.91 bits per heavy atom. The van der Waals surface area contributed by atoms with E-state index in [-0.39, 0.29) is 18.2 Å². The number of carbonyl (C=O) groups is 1. The van der Waals surface area contributed by atoms with E-state index in [1.165, 1.54) is 6.92 Å². The van der Waals surface area contributed by atoms with Gasteiger partial charge in [-0.15, -0.1) is 0 Å². The average molecular weight is 158 g/mol. The lowest BCUT2D eigenvalue weighted by molar-refractivity contribution is -0.151. The van der Waals surface area contributed by atoms with Crippen LogP contribution in [-0.4, -0.2) is 24.8 Å². The molecule has 0 aromatic carbocycles. The molecule has 0 aromatic rings. The third-order valence-corrected chi connectivity index (χ3v) is 1.84. The van der Waals surface area contributed by atoms with Crippen molar-refractivity contribution in [1.82, 2.24) is 0 Å². The number of rotatable bonds is 2. The second-order valence-electron chi connectivity index (χ2n) is 2.87. The van der Waals surface area contributed by atoms with Crippen LogP contribution in [0.3, 0.4) is 0 Å². The molecule has 1 heterocycles. The first kappa shape index (κ1) is 8.53. The minimum absolute atomic E-state index is 0.0880. The van der Waals surface area contributed by atoms with Gasteiger partial charge in [0.15, 0.2) is 0 Å². The summed E-state index contributed by atoms with van der Waals surface area (Å²) in [7, 11) is 0. The summed E-state index contributed by atoms with van der Waals surface area (Å²) >= 11 is 0. The highest BCUT2D eigenvalue weighted by Crippen LogP contribution is 2.17. The molecular weight excluding hydrogens is 144 g/mol. The molecule has 1 aliphatic rings. The summed E-state index contributed by atoms with van der Waals surface area (Å²) in [5.74, 6) is -0.229. The summed E-state index contributed by atoms with van der Waals surface area (Å²) in [6.45, 7) is 4.10. The quantitative estimate of drug-likeness (QED) is 0.565. The highest BCUT2D eigenvalue weighted by atomic mass is 16.6. The van der Waals surface area contributed by atoms with Crippen molar-refractivity contribution in [3.05, 3.63) is 0 Å². The third-order valence-electron chi connectivity index (χ3n) is 1.84. The van der Waals surface area contributed by atoms with Gasteiger partial charge in [0.25, 0.3) is 0 Å². The standard InChI is InChI=1S/C8H14O3/c1-6(11-7(2)9)8-4-3-5-10-8/h6,8H,3-5H2,1-2H3. The maximum atomic E-state index is 10.5. The average Bonchev–Trinajstić information content (AvgIpc) is 2.35. The summed E-state index contributed by atoms with van der Waals surface area (Å²) in [5, 5.41) is 0. The Kier molecular flexibility index (Phi) is 2.88. The van der Waals surface area contributed by atoms with Crippen LogP contribution >= 0.6 is 0 Å². The van der Waals surface area contributed by atoms with Crippen molar-refractivity contribution in [3.63, 3.8) is 0 Å². The van der Waals surface area contributed by atoms with Gasteiger partial charge in [0.2, 0.25) is 0 Å². The first-order chi connectivity index (χ1) is 5.20. The molecule has 0 amide bonds. The first-order valence-corrected chi connectivity index (χ1v) is 3.99. The molecule has 2 unspecified atom stereocenters. The van der Waals surface area contributed by atoms with Gasteiger partial charge in [-0.05, 0) is 19.8 Å². The molecule has 0 N–H and O–H groups in total. The van der Waals surface area contributed by atoms with Crippen LogP contribution in [0.1, 0.15) is 26.7 Å². The number of carbonyl (C=O) groups excluding carboxylic acids is 1. The molecule has 1 saturated heterocycles. The van der Waals surface area contributed by atoms with E-state index in [1.807, 2.05) is 6.92 Å². The van der Waals surface area contributed by atoms with Gasteiger partial charge in [-0.2, -0.15) is 0 Å². The van der Waals surface area contributed by atoms with E-state index in [2.05, 4.69) is 0 Å². The largest absolute Gasteiger partial charge is 0.460 e. The molecule has 2 atom stereocenters. The second kappa shape index (κ2) is 3.72. The van der Waals surface area contributed by atoms with Crippen molar-refractivity contribution in [2.24, 2.45) is 0 Å². The molecule has 1 fully saturated rings. The Morgan fingerprint density at radius 2 is 2.45 bits per heavy atom. The van der Waals surface area contributed by atoms with E-state index in [0.717, 1.165) is 19.4 Å². The number of ether oxygens (including phenoxy) is 2. The summed E-state index contributed by atoms with van der Waals surface area (Å²) in [4.78, 5) is 10.5. The van der Waals surface area contributed by atoms with Gasteiger partial charge in [0.1, 0.15) is 6.10 Å². The molecule has 0 bridgehead atoms. The predicted molar refractivity (Wildman–Crippen MR) is 40.2 cm³/mol. The van der Waals surface area contributed by atoms with Gasteiger partial charge in [0.05, 0.1) is 6.10 Å². The molecule has 1 rings (SSSR count). The number of hydrogen-bond donors (Lipinski definition) is 0. The normalized spacial score (nSPS) is 26.5. The van der Waals surface area contributed by atoms with E-state index in [9.17, 15) is 4.79 Å². The smallest absolute Gasteiger partial charge is 0.302 e. The Morgan fingerprint density at radius 1 is 1.73 bits per heavy atom. The number of hydrogen-bond acceptors (Lipinski definition) is 3. The van der Waals surface area contributed by atoms with Crippen molar-refractivity contribution < 1.29 is 14.3 Å². The summed E-state index contributed by atoms with van der Waals surface area (Å²) < 4.78 is 10.3. The molecule has 0 aliphatic carbocycles. The van der Waals surface area contributed by atoms with Crippen LogP contribution in [-0.2, 0) is 14.3 Å². The third kappa shape index (κ3) is 2.50. The number of esters is 1. The SMILES string of the molecule is CC(=O)OC(C)C1CCCO1. The topological polar surface area (TPSA) is 35.5 Å². The van der Waals surface area contributed by atoms with Gasteiger partial charge in [-0.1, -0.05) is 0 Å². The molecule has 11 heavy (non-hydrogen) atoms. The van der Waals surface area contributed by atoms with Crippen LogP contribution in [0, 0.1) is 0 Å². The molecule has 0 saturated carbocycles. The Labute approximate surface area is 66.7 Å². The molecule has 0 radical (unpaired) electrons. The van der Waals surface area contributed by atoms with Crippen molar-refractivity contribution >= 4 is 5.97 Å². The molecule has 3 heteroatoms. The highest BCUT2D eigenvalue weighted by Gasteiger charge is 2.24. The molecule has 0 aromatic heterocycles. The zero-order chi connectivity index (χ0) is 8.27. The zero-order valence-electron chi connectivity index (χ0n) is 7.00. The maximum Gasteiger partial charge on any atom is 0.302 e. The minimum atomic E-state index is -0.229. The first-order valence-electron chi connectivity index (χ1n) is 3.99. The van der Waals surface area contributed by atoms with Crippen molar-refractivity contribution in [1.29, 1.82) is 0 Å². The minimum Gasteiger partial charge on any atom is -0.460 e. The van der Waals surface area contributed by atoms with Crippen molar-refractivity contribution in [2.45, 2.75) is 38.9 Å². The fraction of sp³-hybridized carbons (Fsp3) is 0.875.